The smallest absolute Gasteiger partial charge is 0.00663 e. The van der Waals surface area contributed by atoms with Gasteiger partial charge in [0.15, 0.2) is 0 Å². The van der Waals surface area contributed by atoms with Crippen LogP contribution in [0.5, 0.6) is 0 Å². The average Bonchev–Trinajstić information content (AvgIpc) is 2.05. The predicted octanol–water partition coefficient (Wildman–Crippen LogP) is 3.62. The molecule has 1 fully saturated rings. The molecule has 1 saturated heterocycles. The number of nitrogens with one attached hydrogen (secondary N) is 1. The van der Waals surface area contributed by atoms with Crippen LogP contribution in [0.15, 0.2) is 0 Å². The Labute approximate surface area is 84.0 Å². The molecule has 0 spiro atoms. The fourth-order valence-electron chi connectivity index (χ4n) is 1.37. The molecule has 3 heteroatoms. The number of hydrogen-bond donors (Lipinski definition) is 1. The lowest BCUT2D eigenvalue weighted by atomic mass is 10.1. The lowest BCUT2D eigenvalue weighted by Gasteiger charge is -2.06. The van der Waals surface area contributed by atoms with Crippen LogP contribution in [0.3, 0.4) is 0 Å². The van der Waals surface area contributed by atoms with E-state index in [1.54, 1.807) is 0 Å². The minimum absolute atomic E-state index is 1.19. The molecule has 72 valence electrons. The highest BCUT2D eigenvalue weighted by Gasteiger charge is 1.95. The molecule has 12 heavy (non-hydrogen) atoms. The van der Waals surface area contributed by atoms with Crippen molar-refractivity contribution in [3.63, 3.8) is 0 Å². The Kier molecular flexibility index (Phi) is 7.40. The minimum Gasteiger partial charge on any atom is -0.255 e. The second-order valence-corrected chi connectivity index (χ2v) is 5.58. The molecule has 0 aromatic heterocycles. The van der Waals surface area contributed by atoms with Crippen molar-refractivity contribution in [3.05, 3.63) is 0 Å². The van der Waals surface area contributed by atoms with Crippen molar-refractivity contribution in [2.45, 2.75) is 44.9 Å². The van der Waals surface area contributed by atoms with E-state index >= 15 is 0 Å². The summed E-state index contributed by atoms with van der Waals surface area (Å²) < 4.78 is 3.38. The molecule has 1 aliphatic heterocycles. The van der Waals surface area contributed by atoms with Gasteiger partial charge in [0.05, 0.1) is 0 Å². The normalized spacial score (nSPS) is 24.0. The van der Waals surface area contributed by atoms with E-state index < -0.39 is 0 Å². The summed E-state index contributed by atoms with van der Waals surface area (Å²) in [6.45, 7) is 1.19. The molecule has 1 rings (SSSR count). The highest BCUT2D eigenvalue weighted by Crippen LogP contribution is 2.20. The van der Waals surface area contributed by atoms with E-state index in [4.69, 9.17) is 0 Å². The zero-order chi connectivity index (χ0) is 8.49. The molecule has 0 unspecified atom stereocenters. The Morgan fingerprint density at radius 1 is 0.750 bits per heavy atom. The molecule has 0 radical (unpaired) electrons. The first-order valence-corrected chi connectivity index (χ1v) is 7.33. The first-order chi connectivity index (χ1) is 6.00. The van der Waals surface area contributed by atoms with Gasteiger partial charge in [-0.05, 0) is 23.8 Å². The van der Waals surface area contributed by atoms with Gasteiger partial charge in [-0.2, -0.15) is 0 Å². The first-order valence-electron chi connectivity index (χ1n) is 5.01. The summed E-state index contributed by atoms with van der Waals surface area (Å²) in [5, 5.41) is 0. The molecule has 0 saturated carbocycles. The minimum atomic E-state index is 1.19. The zero-order valence-corrected chi connectivity index (χ0v) is 9.31. The van der Waals surface area contributed by atoms with Crippen LogP contribution in [0.4, 0.5) is 0 Å². The Bertz CT molecular complexity index is 55.5. The third-order valence-electron chi connectivity index (χ3n) is 2.12. The average molecular weight is 205 g/mol. The van der Waals surface area contributed by atoms with Gasteiger partial charge in [0.1, 0.15) is 0 Å². The summed E-state index contributed by atoms with van der Waals surface area (Å²) in [6, 6.07) is 0. The number of hydrogen-bond acceptors (Lipinski definition) is 3. The maximum absolute atomic E-state index is 3.38. The topological polar surface area (TPSA) is 12.0 Å². The lowest BCUT2D eigenvalue weighted by Crippen LogP contribution is -2.04. The van der Waals surface area contributed by atoms with E-state index in [1.807, 2.05) is 21.8 Å². The van der Waals surface area contributed by atoms with Crippen LogP contribution >= 0.6 is 21.8 Å². The highest BCUT2D eigenvalue weighted by molar-refractivity contribution is 8.76. The van der Waals surface area contributed by atoms with Crippen LogP contribution in [0.1, 0.15) is 44.9 Å². The van der Waals surface area contributed by atoms with Crippen molar-refractivity contribution in [1.82, 2.24) is 4.72 Å². The monoisotopic (exact) mass is 205 g/mol. The van der Waals surface area contributed by atoms with Gasteiger partial charge in [0.25, 0.3) is 0 Å². The molecule has 1 nitrogen and oxygen atoms in total. The van der Waals surface area contributed by atoms with Gasteiger partial charge < -0.3 is 0 Å². The molecule has 0 amide bonds. The van der Waals surface area contributed by atoms with E-state index in [0.29, 0.717) is 0 Å². The van der Waals surface area contributed by atoms with Crippen LogP contribution in [0.2, 0.25) is 0 Å². The van der Waals surface area contributed by atoms with Crippen LogP contribution in [0, 0.1) is 0 Å². The van der Waals surface area contributed by atoms with Gasteiger partial charge in [-0.1, -0.05) is 42.9 Å². The van der Waals surface area contributed by atoms with Crippen molar-refractivity contribution in [2.75, 3.05) is 12.3 Å². The molecule has 0 aromatic carbocycles. The molecule has 1 heterocycles. The van der Waals surface area contributed by atoms with E-state index in [0.717, 1.165) is 0 Å². The maximum Gasteiger partial charge on any atom is 0.00663 e. The zero-order valence-electron chi connectivity index (χ0n) is 7.68. The summed E-state index contributed by atoms with van der Waals surface area (Å²) in [5.41, 5.74) is 0. The van der Waals surface area contributed by atoms with E-state index in [-0.39, 0.29) is 0 Å². The van der Waals surface area contributed by atoms with Crippen molar-refractivity contribution < 1.29 is 0 Å². The van der Waals surface area contributed by atoms with Gasteiger partial charge in [-0.3, -0.25) is 4.72 Å². The first kappa shape index (κ1) is 10.7. The van der Waals surface area contributed by atoms with E-state index in [9.17, 15) is 0 Å². The molecular weight excluding hydrogens is 186 g/mol. The van der Waals surface area contributed by atoms with Gasteiger partial charge >= 0.3 is 0 Å². The van der Waals surface area contributed by atoms with E-state index in [1.165, 1.54) is 57.2 Å². The summed E-state index contributed by atoms with van der Waals surface area (Å²) in [5.74, 6) is 1.32. The standard InChI is InChI=1S/C9H19NS2/c1-2-4-6-8-10-12-11-9-7-5-3-1/h10H,1-9H2. The lowest BCUT2D eigenvalue weighted by molar-refractivity contribution is 0.589. The summed E-state index contributed by atoms with van der Waals surface area (Å²) in [6.07, 6.45) is 9.97. The molecule has 1 aliphatic rings. The van der Waals surface area contributed by atoms with Crippen molar-refractivity contribution in [2.24, 2.45) is 0 Å². The van der Waals surface area contributed by atoms with Crippen LogP contribution in [-0.4, -0.2) is 12.3 Å². The second kappa shape index (κ2) is 8.27. The summed E-state index contributed by atoms with van der Waals surface area (Å²) in [7, 11) is 3.81. The fraction of sp³-hybridized carbons (Fsp3) is 1.00. The number of rotatable bonds is 0. The van der Waals surface area contributed by atoms with Crippen molar-refractivity contribution >= 4 is 21.8 Å². The predicted molar refractivity (Wildman–Crippen MR) is 60.4 cm³/mol. The molecule has 0 aliphatic carbocycles. The molecule has 0 atom stereocenters. The third kappa shape index (κ3) is 6.21. The second-order valence-electron chi connectivity index (χ2n) is 3.27. The van der Waals surface area contributed by atoms with Crippen molar-refractivity contribution in [3.8, 4) is 0 Å². The quantitative estimate of drug-likeness (QED) is 0.479. The Balaban J connectivity index is 2.00. The van der Waals surface area contributed by atoms with Gasteiger partial charge in [0, 0.05) is 12.3 Å². The van der Waals surface area contributed by atoms with Gasteiger partial charge in [0.2, 0.25) is 0 Å². The molecular formula is C9H19NS2. The fourth-order valence-corrected chi connectivity index (χ4v) is 3.19. The Hall–Kier alpha value is 0.660. The van der Waals surface area contributed by atoms with Crippen LogP contribution in [-0.2, 0) is 0 Å². The van der Waals surface area contributed by atoms with Gasteiger partial charge in [-0.25, -0.2) is 0 Å². The van der Waals surface area contributed by atoms with Gasteiger partial charge in [-0.15, -0.1) is 0 Å². The Morgan fingerprint density at radius 2 is 1.42 bits per heavy atom. The largest absolute Gasteiger partial charge is 0.255 e. The highest BCUT2D eigenvalue weighted by atomic mass is 33.1. The van der Waals surface area contributed by atoms with Crippen molar-refractivity contribution in [1.29, 1.82) is 0 Å². The summed E-state index contributed by atoms with van der Waals surface area (Å²) >= 11 is 0. The molecule has 0 bridgehead atoms. The van der Waals surface area contributed by atoms with Crippen LogP contribution in [0.25, 0.3) is 0 Å². The Morgan fingerprint density at radius 3 is 2.25 bits per heavy atom. The van der Waals surface area contributed by atoms with E-state index in [2.05, 4.69) is 4.72 Å². The third-order valence-corrected chi connectivity index (χ3v) is 4.23. The molecule has 0 aromatic rings. The SMILES string of the molecule is C1CCCCNSSCCCC1. The maximum atomic E-state index is 3.38. The summed E-state index contributed by atoms with van der Waals surface area (Å²) in [4.78, 5) is 0. The van der Waals surface area contributed by atoms with Crippen LogP contribution < -0.4 is 4.72 Å². The molecule has 1 N–H and O–H groups in total.